The molecule has 0 aliphatic rings. The summed E-state index contributed by atoms with van der Waals surface area (Å²) in [5.41, 5.74) is 3.35. The molecule has 0 unspecified atom stereocenters. The molecule has 0 spiro atoms. The normalized spacial score (nSPS) is 11.1. The number of rotatable bonds is 14. The van der Waals surface area contributed by atoms with Crippen LogP contribution in [0.15, 0.2) is 94.9 Å². The number of carbonyl (C=O) groups is 2. The number of anilines is 2. The van der Waals surface area contributed by atoms with Gasteiger partial charge in [0.15, 0.2) is 18.1 Å². The highest BCUT2D eigenvalue weighted by molar-refractivity contribution is 7.92. The molecule has 0 aromatic heterocycles. The fraction of sp³-hybridized carbons (Fsp3) is 0.156. The first-order valence-electron chi connectivity index (χ1n) is 13.7. The van der Waals surface area contributed by atoms with Crippen LogP contribution in [0, 0.1) is 5.82 Å². The number of nitrogens with one attached hydrogen (secondary N) is 2. The molecule has 0 atom stereocenters. The molecule has 4 aromatic rings. The summed E-state index contributed by atoms with van der Waals surface area (Å²) in [6.45, 7) is -0.960. The molecule has 0 bridgehead atoms. The molecule has 2 N–H and O–H groups in total. The number of methoxy groups -OCH3 is 3. The maximum absolute atomic E-state index is 13.9. The van der Waals surface area contributed by atoms with Crippen molar-refractivity contribution >= 4 is 51.0 Å². The van der Waals surface area contributed by atoms with Crippen LogP contribution in [-0.4, -0.2) is 60.9 Å². The molecule has 4 aromatic carbocycles. The van der Waals surface area contributed by atoms with Crippen molar-refractivity contribution in [3.8, 4) is 23.0 Å². The van der Waals surface area contributed by atoms with Gasteiger partial charge in [0.05, 0.1) is 38.1 Å². The molecule has 12 nitrogen and oxygen atoms in total. The van der Waals surface area contributed by atoms with Gasteiger partial charge in [0.1, 0.15) is 23.9 Å². The predicted molar refractivity (Wildman–Crippen MR) is 175 cm³/mol. The van der Waals surface area contributed by atoms with Gasteiger partial charge in [-0.25, -0.2) is 18.2 Å². The van der Waals surface area contributed by atoms with Gasteiger partial charge >= 0.3 is 0 Å². The Morgan fingerprint density at radius 2 is 1.51 bits per heavy atom. The lowest BCUT2D eigenvalue weighted by Crippen LogP contribution is -2.39. The largest absolute Gasteiger partial charge is 0.495 e. The highest BCUT2D eigenvalue weighted by Gasteiger charge is 2.30. The van der Waals surface area contributed by atoms with Gasteiger partial charge in [-0.2, -0.15) is 5.10 Å². The van der Waals surface area contributed by atoms with E-state index >= 15 is 0 Å². The molecule has 15 heteroatoms. The third-order valence-electron chi connectivity index (χ3n) is 6.42. The van der Waals surface area contributed by atoms with Gasteiger partial charge in [-0.15, -0.1) is 0 Å². The fourth-order valence-corrected chi connectivity index (χ4v) is 5.74. The van der Waals surface area contributed by atoms with Gasteiger partial charge in [-0.05, 0) is 84.4 Å². The van der Waals surface area contributed by atoms with Crippen molar-refractivity contribution in [2.24, 2.45) is 5.10 Å². The van der Waals surface area contributed by atoms with Gasteiger partial charge in [-0.3, -0.25) is 13.9 Å². The van der Waals surface area contributed by atoms with Crippen LogP contribution in [0.5, 0.6) is 23.0 Å². The van der Waals surface area contributed by atoms with E-state index in [9.17, 15) is 22.4 Å². The Balaban J connectivity index is 1.44. The fourth-order valence-electron chi connectivity index (χ4n) is 4.14. The lowest BCUT2D eigenvalue weighted by Gasteiger charge is -2.25. The first kappa shape index (κ1) is 34.5. The monoisotopic (exact) mass is 684 g/mol. The lowest BCUT2D eigenvalue weighted by atomic mass is 10.2. The second-order valence-corrected chi connectivity index (χ2v) is 11.8. The van der Waals surface area contributed by atoms with Crippen LogP contribution < -0.4 is 34.0 Å². The summed E-state index contributed by atoms with van der Waals surface area (Å²) in [4.78, 5) is 25.0. The number of hydrazone groups is 1. The molecule has 4 rings (SSSR count). The molecule has 0 heterocycles. The third-order valence-corrected chi connectivity index (χ3v) is 8.41. The van der Waals surface area contributed by atoms with Crippen molar-refractivity contribution in [3.05, 3.63) is 101 Å². The van der Waals surface area contributed by atoms with Crippen molar-refractivity contribution in [3.63, 3.8) is 0 Å². The van der Waals surface area contributed by atoms with Crippen LogP contribution in [0.3, 0.4) is 0 Å². The summed E-state index contributed by atoms with van der Waals surface area (Å²) in [6.07, 6.45) is 1.34. The van der Waals surface area contributed by atoms with Gasteiger partial charge in [0, 0.05) is 16.8 Å². The Morgan fingerprint density at radius 3 is 2.17 bits per heavy atom. The zero-order valence-electron chi connectivity index (χ0n) is 25.4. The zero-order chi connectivity index (χ0) is 34.0. The number of nitrogens with zero attached hydrogens (tertiary/aromatic N) is 2. The number of ether oxygens (including phenoxy) is 4. The van der Waals surface area contributed by atoms with Gasteiger partial charge in [0.25, 0.3) is 21.8 Å². The van der Waals surface area contributed by atoms with Crippen LogP contribution in [0.1, 0.15) is 5.56 Å². The van der Waals surface area contributed by atoms with E-state index in [0.29, 0.717) is 22.7 Å². The Morgan fingerprint density at radius 1 is 0.851 bits per heavy atom. The van der Waals surface area contributed by atoms with Crippen molar-refractivity contribution in [1.29, 1.82) is 0 Å². The standard InChI is InChI=1S/C32H30ClFN4O8S/c1-43-28-14-6-22(33)16-27(28)38(47(41,42)26-13-15-29(44-2)30(17-26)45-3)19-31(39)37-35-18-21-4-11-25(12-5-21)46-20-32(40)36-24-9-7-23(34)8-10-24/h4-18H,19-20H2,1-3H3,(H,36,40)(H,37,39). The lowest BCUT2D eigenvalue weighted by molar-refractivity contribution is -0.119. The van der Waals surface area contributed by atoms with E-state index in [1.807, 2.05) is 0 Å². The molecule has 0 radical (unpaired) electrons. The Labute approximate surface area is 275 Å². The molecular weight excluding hydrogens is 655 g/mol. The molecule has 0 saturated carbocycles. The van der Waals surface area contributed by atoms with Crippen molar-refractivity contribution in [1.82, 2.24) is 5.43 Å². The number of hydrogen-bond acceptors (Lipinski definition) is 9. The number of benzene rings is 4. The second kappa shape index (κ2) is 15.8. The Bertz CT molecular complexity index is 1860. The summed E-state index contributed by atoms with van der Waals surface area (Å²) in [5, 5.41) is 6.75. The number of carbonyl (C=O) groups excluding carboxylic acids is 2. The Hall–Kier alpha value is -5.34. The smallest absolute Gasteiger partial charge is 0.265 e. The molecule has 246 valence electrons. The molecule has 0 saturated heterocycles. The highest BCUT2D eigenvalue weighted by atomic mass is 35.5. The Kier molecular flexibility index (Phi) is 11.6. The van der Waals surface area contributed by atoms with E-state index in [0.717, 1.165) is 4.31 Å². The summed E-state index contributed by atoms with van der Waals surface area (Å²) in [5.74, 6) is -0.566. The maximum atomic E-state index is 13.9. The molecule has 0 aliphatic carbocycles. The van der Waals surface area contributed by atoms with Crippen LogP contribution in [0.2, 0.25) is 5.02 Å². The minimum absolute atomic E-state index is 0.0239. The van der Waals surface area contributed by atoms with Crippen LogP contribution in [0.25, 0.3) is 0 Å². The topological polar surface area (TPSA) is 145 Å². The first-order chi connectivity index (χ1) is 22.5. The second-order valence-electron chi connectivity index (χ2n) is 9.55. The quantitative estimate of drug-likeness (QED) is 0.141. The average Bonchev–Trinajstić information content (AvgIpc) is 3.07. The third kappa shape index (κ3) is 9.11. The summed E-state index contributed by atoms with van der Waals surface area (Å²) < 4.78 is 63.0. The molecule has 0 aliphatic heterocycles. The van der Waals surface area contributed by atoms with E-state index in [1.54, 1.807) is 24.3 Å². The molecule has 2 amide bonds. The van der Waals surface area contributed by atoms with E-state index in [2.05, 4.69) is 15.8 Å². The first-order valence-corrected chi connectivity index (χ1v) is 15.5. The minimum atomic E-state index is -4.38. The van der Waals surface area contributed by atoms with Gasteiger partial charge in [-0.1, -0.05) is 11.6 Å². The highest BCUT2D eigenvalue weighted by Crippen LogP contribution is 2.37. The zero-order valence-corrected chi connectivity index (χ0v) is 27.0. The van der Waals surface area contributed by atoms with Gasteiger partial charge < -0.3 is 24.3 Å². The van der Waals surface area contributed by atoms with E-state index in [4.69, 9.17) is 30.5 Å². The summed E-state index contributed by atoms with van der Waals surface area (Å²) in [7, 11) is -0.234. The predicted octanol–water partition coefficient (Wildman–Crippen LogP) is 4.87. The SMILES string of the molecule is COc1ccc(S(=O)(=O)N(CC(=O)NN=Cc2ccc(OCC(=O)Nc3ccc(F)cc3)cc2)c2cc(Cl)ccc2OC)cc1OC. The van der Waals surface area contributed by atoms with Gasteiger partial charge in [0.2, 0.25) is 0 Å². The summed E-state index contributed by atoms with van der Waals surface area (Å²) in [6, 6.07) is 20.2. The molecule has 0 fully saturated rings. The number of sulfonamides is 1. The maximum Gasteiger partial charge on any atom is 0.265 e. The molecular formula is C32H30ClFN4O8S. The number of hydrogen-bond donors (Lipinski definition) is 2. The van der Waals surface area contributed by atoms with Crippen molar-refractivity contribution < 1.29 is 41.3 Å². The minimum Gasteiger partial charge on any atom is -0.495 e. The number of amides is 2. The van der Waals surface area contributed by atoms with E-state index in [1.165, 1.54) is 88.2 Å². The van der Waals surface area contributed by atoms with Crippen LogP contribution >= 0.6 is 11.6 Å². The summed E-state index contributed by atoms with van der Waals surface area (Å²) >= 11 is 6.20. The molecule has 47 heavy (non-hydrogen) atoms. The average molecular weight is 685 g/mol. The number of halogens is 2. The van der Waals surface area contributed by atoms with Crippen LogP contribution in [0.4, 0.5) is 15.8 Å². The van der Waals surface area contributed by atoms with E-state index < -0.39 is 34.2 Å². The van der Waals surface area contributed by atoms with Crippen molar-refractivity contribution in [2.75, 3.05) is 44.1 Å². The van der Waals surface area contributed by atoms with Crippen LogP contribution in [-0.2, 0) is 19.6 Å². The van der Waals surface area contributed by atoms with Crippen molar-refractivity contribution in [2.45, 2.75) is 4.90 Å². The van der Waals surface area contributed by atoms with E-state index in [-0.39, 0.29) is 33.7 Å².